The predicted octanol–water partition coefficient (Wildman–Crippen LogP) is 0.677. The zero-order valence-corrected chi connectivity index (χ0v) is 11.0. The van der Waals surface area contributed by atoms with Crippen molar-refractivity contribution in [2.45, 2.75) is 30.8 Å². The summed E-state index contributed by atoms with van der Waals surface area (Å²) in [6, 6.07) is 8.34. The van der Waals surface area contributed by atoms with Crippen LogP contribution in [0.15, 0.2) is 30.3 Å². The summed E-state index contributed by atoms with van der Waals surface area (Å²) in [7, 11) is 0. The third-order valence-corrected chi connectivity index (χ3v) is 3.36. The lowest BCUT2D eigenvalue weighted by atomic mass is 10.1. The Kier molecular flexibility index (Phi) is 4.57. The highest BCUT2D eigenvalue weighted by molar-refractivity contribution is 5.82. The van der Waals surface area contributed by atoms with E-state index in [1.165, 1.54) is 5.56 Å². The van der Waals surface area contributed by atoms with Crippen molar-refractivity contribution >= 4 is 12.0 Å². The second-order valence-electron chi connectivity index (χ2n) is 4.88. The molecule has 1 aromatic rings. The van der Waals surface area contributed by atoms with Crippen LogP contribution in [0.3, 0.4) is 0 Å². The van der Waals surface area contributed by atoms with Gasteiger partial charge >= 0.3 is 12.0 Å². The molecular formula is C14H18N2O4. The number of carbonyl (C=O) groups is 2. The monoisotopic (exact) mass is 278 g/mol. The first-order chi connectivity index (χ1) is 9.61. The molecule has 0 bridgehead atoms. The van der Waals surface area contributed by atoms with E-state index in [1.807, 2.05) is 30.3 Å². The van der Waals surface area contributed by atoms with Gasteiger partial charge in [0.25, 0.3) is 0 Å². The van der Waals surface area contributed by atoms with Gasteiger partial charge in [0, 0.05) is 25.0 Å². The molecule has 1 aliphatic rings. The van der Waals surface area contributed by atoms with Crippen LogP contribution in [0.1, 0.15) is 24.3 Å². The van der Waals surface area contributed by atoms with E-state index in [-0.39, 0.29) is 19.1 Å². The zero-order valence-electron chi connectivity index (χ0n) is 11.0. The van der Waals surface area contributed by atoms with E-state index in [9.17, 15) is 9.59 Å². The molecule has 6 heteroatoms. The Hall–Kier alpha value is -2.08. The highest BCUT2D eigenvalue weighted by Crippen LogP contribution is 2.40. The number of carbonyl (C=O) groups excluding carboxylic acids is 1. The summed E-state index contributed by atoms with van der Waals surface area (Å²) >= 11 is 0. The van der Waals surface area contributed by atoms with Crippen molar-refractivity contribution in [3.05, 3.63) is 35.9 Å². The largest absolute Gasteiger partial charge is 0.480 e. The van der Waals surface area contributed by atoms with Crippen molar-refractivity contribution in [2.24, 2.45) is 0 Å². The molecule has 0 aromatic heterocycles. The summed E-state index contributed by atoms with van der Waals surface area (Å²) < 4.78 is 0. The quantitative estimate of drug-likeness (QED) is 0.615. The molecule has 108 valence electrons. The Morgan fingerprint density at radius 3 is 2.60 bits per heavy atom. The Labute approximate surface area is 116 Å². The van der Waals surface area contributed by atoms with Crippen LogP contribution in [0.5, 0.6) is 0 Å². The van der Waals surface area contributed by atoms with E-state index in [1.54, 1.807) is 0 Å². The fraction of sp³-hybridized carbons (Fsp3) is 0.429. The van der Waals surface area contributed by atoms with Crippen molar-refractivity contribution in [2.75, 3.05) is 6.61 Å². The fourth-order valence-electron chi connectivity index (χ4n) is 2.18. The molecule has 1 saturated carbocycles. The predicted molar refractivity (Wildman–Crippen MR) is 72.4 cm³/mol. The molecule has 1 aliphatic carbocycles. The van der Waals surface area contributed by atoms with E-state index in [2.05, 4.69) is 10.6 Å². The summed E-state index contributed by atoms with van der Waals surface area (Å²) in [5.74, 6) is -0.854. The van der Waals surface area contributed by atoms with Crippen LogP contribution < -0.4 is 10.6 Å². The van der Waals surface area contributed by atoms with Crippen LogP contribution >= 0.6 is 0 Å². The Balaban J connectivity index is 1.80. The van der Waals surface area contributed by atoms with Gasteiger partial charge in [-0.05, 0) is 12.0 Å². The molecule has 1 fully saturated rings. The average molecular weight is 278 g/mol. The van der Waals surface area contributed by atoms with Crippen molar-refractivity contribution in [1.82, 2.24) is 10.6 Å². The molecule has 4 N–H and O–H groups in total. The van der Waals surface area contributed by atoms with Crippen LogP contribution in [0, 0.1) is 0 Å². The zero-order chi connectivity index (χ0) is 14.5. The van der Waals surface area contributed by atoms with Gasteiger partial charge in [0.05, 0.1) is 0 Å². The highest BCUT2D eigenvalue weighted by Gasteiger charge is 2.39. The average Bonchev–Trinajstić information content (AvgIpc) is 3.18. The van der Waals surface area contributed by atoms with Gasteiger partial charge in [0.15, 0.2) is 0 Å². The van der Waals surface area contributed by atoms with Gasteiger partial charge in [0.1, 0.15) is 6.04 Å². The van der Waals surface area contributed by atoms with Gasteiger partial charge < -0.3 is 20.8 Å². The van der Waals surface area contributed by atoms with Crippen molar-refractivity contribution in [3.8, 4) is 0 Å². The number of amides is 2. The fourth-order valence-corrected chi connectivity index (χ4v) is 2.18. The topological polar surface area (TPSA) is 98.7 Å². The molecular weight excluding hydrogens is 260 g/mol. The third kappa shape index (κ3) is 3.71. The molecule has 0 saturated heterocycles. The van der Waals surface area contributed by atoms with Gasteiger partial charge in [-0.3, -0.25) is 0 Å². The van der Waals surface area contributed by atoms with E-state index >= 15 is 0 Å². The Morgan fingerprint density at radius 1 is 1.30 bits per heavy atom. The summed E-state index contributed by atoms with van der Waals surface area (Å²) in [4.78, 5) is 22.6. The number of aliphatic hydroxyl groups is 1. The van der Waals surface area contributed by atoms with Crippen molar-refractivity contribution < 1.29 is 19.8 Å². The number of rotatable bonds is 6. The van der Waals surface area contributed by atoms with Gasteiger partial charge in [0.2, 0.25) is 0 Å². The standard InChI is InChI=1S/C14H18N2O4/c17-7-6-11(13(18)19)15-14(20)16-12-8-10(12)9-4-2-1-3-5-9/h1-5,10-12,17H,6-8H2,(H,18,19)(H2,15,16,20)/t10?,11-,12?/m0/s1. The summed E-state index contributed by atoms with van der Waals surface area (Å²) in [5.41, 5.74) is 1.17. The lowest BCUT2D eigenvalue weighted by Crippen LogP contribution is -2.47. The number of hydrogen-bond donors (Lipinski definition) is 4. The molecule has 0 aliphatic heterocycles. The van der Waals surface area contributed by atoms with Crippen LogP contribution in [0.25, 0.3) is 0 Å². The highest BCUT2D eigenvalue weighted by atomic mass is 16.4. The molecule has 1 aromatic carbocycles. The molecule has 20 heavy (non-hydrogen) atoms. The number of urea groups is 1. The first-order valence-electron chi connectivity index (χ1n) is 6.57. The van der Waals surface area contributed by atoms with Crippen LogP contribution in [-0.4, -0.2) is 40.9 Å². The van der Waals surface area contributed by atoms with Gasteiger partial charge in [-0.2, -0.15) is 0 Å². The normalized spacial score (nSPS) is 21.9. The van der Waals surface area contributed by atoms with Crippen LogP contribution in [0.4, 0.5) is 4.79 Å². The van der Waals surface area contributed by atoms with Gasteiger partial charge in [-0.1, -0.05) is 30.3 Å². The summed E-state index contributed by atoms with van der Waals surface area (Å²) in [6.07, 6.45) is 0.852. The second kappa shape index (κ2) is 6.38. The second-order valence-corrected chi connectivity index (χ2v) is 4.88. The maximum Gasteiger partial charge on any atom is 0.326 e. The summed E-state index contributed by atoms with van der Waals surface area (Å²) in [6.45, 7) is -0.284. The smallest absolute Gasteiger partial charge is 0.326 e. The van der Waals surface area contributed by atoms with Gasteiger partial charge in [-0.15, -0.1) is 0 Å². The molecule has 3 atom stereocenters. The number of carboxylic acids is 1. The molecule has 2 unspecified atom stereocenters. The molecule has 2 rings (SSSR count). The maximum atomic E-state index is 11.7. The maximum absolute atomic E-state index is 11.7. The van der Waals surface area contributed by atoms with E-state index in [4.69, 9.17) is 10.2 Å². The molecule has 6 nitrogen and oxygen atoms in total. The van der Waals surface area contributed by atoms with E-state index in [0.29, 0.717) is 5.92 Å². The molecule has 0 heterocycles. The molecule has 0 spiro atoms. The first-order valence-corrected chi connectivity index (χ1v) is 6.57. The number of carboxylic acid groups (broad SMARTS) is 1. The summed E-state index contributed by atoms with van der Waals surface area (Å²) in [5, 5.41) is 22.7. The number of hydrogen-bond acceptors (Lipinski definition) is 3. The minimum absolute atomic E-state index is 0.00443. The Bertz CT molecular complexity index is 477. The van der Waals surface area contributed by atoms with Crippen LogP contribution in [0.2, 0.25) is 0 Å². The third-order valence-electron chi connectivity index (χ3n) is 3.36. The number of aliphatic carboxylic acids is 1. The number of aliphatic hydroxyl groups excluding tert-OH is 1. The lowest BCUT2D eigenvalue weighted by Gasteiger charge is -2.14. The Morgan fingerprint density at radius 2 is 2.00 bits per heavy atom. The lowest BCUT2D eigenvalue weighted by molar-refractivity contribution is -0.139. The van der Waals surface area contributed by atoms with E-state index < -0.39 is 18.0 Å². The number of benzene rings is 1. The van der Waals surface area contributed by atoms with Crippen molar-refractivity contribution in [3.63, 3.8) is 0 Å². The van der Waals surface area contributed by atoms with Crippen molar-refractivity contribution in [1.29, 1.82) is 0 Å². The van der Waals surface area contributed by atoms with Gasteiger partial charge in [-0.25, -0.2) is 9.59 Å². The minimum Gasteiger partial charge on any atom is -0.480 e. The molecule has 2 amide bonds. The SMILES string of the molecule is O=C(NC1CC1c1ccccc1)N[C@@H](CCO)C(=O)O. The molecule has 0 radical (unpaired) electrons. The van der Waals surface area contributed by atoms with Crippen LogP contribution in [-0.2, 0) is 4.79 Å². The van der Waals surface area contributed by atoms with E-state index in [0.717, 1.165) is 6.42 Å². The first kappa shape index (κ1) is 14.3. The minimum atomic E-state index is -1.15. The number of nitrogens with one attached hydrogen (secondary N) is 2.